The fourth-order valence-corrected chi connectivity index (χ4v) is 2.48. The molecule has 8 heteroatoms. The van der Waals surface area contributed by atoms with Crippen LogP contribution in [0.15, 0.2) is 24.3 Å². The maximum absolute atomic E-state index is 12.0. The van der Waals surface area contributed by atoms with Crippen molar-refractivity contribution >= 4 is 40.7 Å². The molecule has 0 spiro atoms. The quantitative estimate of drug-likeness (QED) is 0.847. The Balaban J connectivity index is 2.00. The number of benzene rings is 1. The molecule has 1 N–H and O–H groups in total. The first kappa shape index (κ1) is 16.4. The molecule has 1 aromatic carbocycles. The standard InChI is InChI=1S/C14H14ClN3O3S/c1-3-10-12(22-18-17-10)14(20)21-8(2)13(19)16-11-7-5-4-6-9(11)15/h4-8H,3H2,1-2H3,(H,16,19)/t8-/m0/s1. The van der Waals surface area contributed by atoms with Crippen molar-refractivity contribution in [3.05, 3.63) is 39.9 Å². The summed E-state index contributed by atoms with van der Waals surface area (Å²) in [7, 11) is 0. The minimum absolute atomic E-state index is 0.319. The number of aryl methyl sites for hydroxylation is 1. The van der Waals surface area contributed by atoms with E-state index in [1.807, 2.05) is 6.92 Å². The van der Waals surface area contributed by atoms with Crippen molar-refractivity contribution in [2.24, 2.45) is 0 Å². The van der Waals surface area contributed by atoms with E-state index in [0.29, 0.717) is 27.7 Å². The lowest BCUT2D eigenvalue weighted by molar-refractivity contribution is -0.123. The number of nitrogens with one attached hydrogen (secondary N) is 1. The fourth-order valence-electron chi connectivity index (χ4n) is 1.66. The van der Waals surface area contributed by atoms with Gasteiger partial charge in [-0.25, -0.2) is 4.79 Å². The van der Waals surface area contributed by atoms with E-state index in [2.05, 4.69) is 14.9 Å². The average Bonchev–Trinajstić information content (AvgIpc) is 2.98. The molecule has 0 aliphatic rings. The molecular formula is C14H14ClN3O3S. The van der Waals surface area contributed by atoms with E-state index in [-0.39, 0.29) is 0 Å². The van der Waals surface area contributed by atoms with Crippen LogP contribution >= 0.6 is 23.1 Å². The monoisotopic (exact) mass is 339 g/mol. The van der Waals surface area contributed by atoms with Crippen molar-refractivity contribution in [3.63, 3.8) is 0 Å². The lowest BCUT2D eigenvalue weighted by Crippen LogP contribution is -2.30. The van der Waals surface area contributed by atoms with E-state index in [0.717, 1.165) is 11.5 Å². The van der Waals surface area contributed by atoms with E-state index >= 15 is 0 Å². The number of rotatable bonds is 5. The number of ether oxygens (including phenoxy) is 1. The van der Waals surface area contributed by atoms with Crippen molar-refractivity contribution in [3.8, 4) is 0 Å². The van der Waals surface area contributed by atoms with Gasteiger partial charge in [0.1, 0.15) is 0 Å². The van der Waals surface area contributed by atoms with Gasteiger partial charge in [0.25, 0.3) is 5.91 Å². The minimum Gasteiger partial charge on any atom is -0.448 e. The molecule has 0 saturated carbocycles. The zero-order valence-corrected chi connectivity index (χ0v) is 13.6. The number of carbonyl (C=O) groups excluding carboxylic acids is 2. The van der Waals surface area contributed by atoms with Crippen LogP contribution in [0.5, 0.6) is 0 Å². The molecule has 0 aliphatic heterocycles. The summed E-state index contributed by atoms with van der Waals surface area (Å²) in [4.78, 5) is 24.4. The fraction of sp³-hybridized carbons (Fsp3) is 0.286. The first-order chi connectivity index (χ1) is 10.5. The van der Waals surface area contributed by atoms with Gasteiger partial charge in [-0.05, 0) is 37.0 Å². The summed E-state index contributed by atoms with van der Waals surface area (Å²) >= 11 is 6.92. The first-order valence-corrected chi connectivity index (χ1v) is 7.75. The summed E-state index contributed by atoms with van der Waals surface area (Å²) in [6.07, 6.45) is -0.392. The third-order valence-electron chi connectivity index (χ3n) is 2.86. The highest BCUT2D eigenvalue weighted by Gasteiger charge is 2.23. The summed E-state index contributed by atoms with van der Waals surface area (Å²) in [6.45, 7) is 3.35. The predicted octanol–water partition coefficient (Wildman–Crippen LogP) is 2.94. The number of halogens is 1. The second kappa shape index (κ2) is 7.33. The molecule has 1 atom stereocenters. The topological polar surface area (TPSA) is 81.2 Å². The van der Waals surface area contributed by atoms with Crippen LogP contribution in [0, 0.1) is 0 Å². The van der Waals surface area contributed by atoms with Crippen LogP contribution in [0.25, 0.3) is 0 Å². The van der Waals surface area contributed by atoms with Crippen LogP contribution in [-0.4, -0.2) is 27.6 Å². The van der Waals surface area contributed by atoms with Crippen LogP contribution in [0.1, 0.15) is 29.2 Å². The Morgan fingerprint density at radius 3 is 2.82 bits per heavy atom. The zero-order valence-electron chi connectivity index (χ0n) is 12.0. The van der Waals surface area contributed by atoms with E-state index in [1.54, 1.807) is 24.3 Å². The SMILES string of the molecule is CCc1nnsc1C(=O)O[C@@H](C)C(=O)Nc1ccccc1Cl. The molecule has 1 amide bonds. The molecule has 0 fully saturated rings. The second-order valence-corrected chi connectivity index (χ2v) is 5.58. The van der Waals surface area contributed by atoms with Crippen molar-refractivity contribution in [1.29, 1.82) is 0 Å². The number of amides is 1. The lowest BCUT2D eigenvalue weighted by atomic mass is 10.3. The molecule has 116 valence electrons. The van der Waals surface area contributed by atoms with Gasteiger partial charge >= 0.3 is 5.97 Å². The number of para-hydroxylation sites is 1. The first-order valence-electron chi connectivity index (χ1n) is 6.60. The minimum atomic E-state index is -0.962. The summed E-state index contributed by atoms with van der Waals surface area (Å²) in [5.41, 5.74) is 1.03. The Bertz CT molecular complexity index is 689. The number of carbonyl (C=O) groups is 2. The van der Waals surface area contributed by atoms with Gasteiger partial charge in [-0.1, -0.05) is 35.1 Å². The molecule has 0 aliphatic carbocycles. The third kappa shape index (κ3) is 3.80. The Labute approximate surface area is 136 Å². The molecule has 0 unspecified atom stereocenters. The molecule has 22 heavy (non-hydrogen) atoms. The van der Waals surface area contributed by atoms with E-state index in [1.165, 1.54) is 6.92 Å². The van der Waals surface area contributed by atoms with E-state index < -0.39 is 18.0 Å². The number of anilines is 1. The number of hydrogen-bond donors (Lipinski definition) is 1. The summed E-state index contributed by atoms with van der Waals surface area (Å²) in [6, 6.07) is 6.82. The largest absolute Gasteiger partial charge is 0.448 e. The van der Waals surface area contributed by atoms with Crippen molar-refractivity contribution in [2.45, 2.75) is 26.4 Å². The van der Waals surface area contributed by atoms with Crippen LogP contribution in [0.4, 0.5) is 5.69 Å². The predicted molar refractivity (Wildman–Crippen MR) is 84.2 cm³/mol. The van der Waals surface area contributed by atoms with Gasteiger partial charge in [0, 0.05) is 0 Å². The van der Waals surface area contributed by atoms with Gasteiger partial charge in [-0.15, -0.1) is 5.10 Å². The van der Waals surface area contributed by atoms with Crippen molar-refractivity contribution < 1.29 is 14.3 Å². The van der Waals surface area contributed by atoms with Gasteiger partial charge in [0.15, 0.2) is 11.0 Å². The van der Waals surface area contributed by atoms with E-state index in [9.17, 15) is 9.59 Å². The maximum atomic E-state index is 12.0. The van der Waals surface area contributed by atoms with Crippen molar-refractivity contribution in [2.75, 3.05) is 5.32 Å². The normalized spacial score (nSPS) is 11.8. The smallest absolute Gasteiger partial charge is 0.352 e. The zero-order chi connectivity index (χ0) is 16.1. The second-order valence-electron chi connectivity index (χ2n) is 4.42. The highest BCUT2D eigenvalue weighted by Crippen LogP contribution is 2.21. The van der Waals surface area contributed by atoms with Gasteiger partial charge in [-0.3, -0.25) is 4.79 Å². The molecule has 0 radical (unpaired) electrons. The van der Waals surface area contributed by atoms with Crippen LogP contribution < -0.4 is 5.32 Å². The van der Waals surface area contributed by atoms with E-state index in [4.69, 9.17) is 16.3 Å². The van der Waals surface area contributed by atoms with Crippen LogP contribution in [-0.2, 0) is 16.0 Å². The van der Waals surface area contributed by atoms with Gasteiger partial charge in [0.2, 0.25) is 0 Å². The third-order valence-corrected chi connectivity index (χ3v) is 3.94. The Kier molecular flexibility index (Phi) is 5.46. The summed E-state index contributed by atoms with van der Waals surface area (Å²) in [5.74, 6) is -1.06. The summed E-state index contributed by atoms with van der Waals surface area (Å²) < 4.78 is 8.87. The molecule has 1 aromatic heterocycles. The average molecular weight is 340 g/mol. The van der Waals surface area contributed by atoms with Gasteiger partial charge < -0.3 is 10.1 Å². The Hall–Kier alpha value is -1.99. The van der Waals surface area contributed by atoms with Gasteiger partial charge in [0.05, 0.1) is 16.4 Å². The molecule has 6 nitrogen and oxygen atoms in total. The number of hydrogen-bond acceptors (Lipinski definition) is 6. The molecule has 1 heterocycles. The number of esters is 1. The Morgan fingerprint density at radius 1 is 1.41 bits per heavy atom. The Morgan fingerprint density at radius 2 is 2.14 bits per heavy atom. The van der Waals surface area contributed by atoms with Crippen molar-refractivity contribution in [1.82, 2.24) is 9.59 Å². The molecule has 0 bridgehead atoms. The maximum Gasteiger partial charge on any atom is 0.352 e. The highest BCUT2D eigenvalue weighted by molar-refractivity contribution is 7.07. The molecular weight excluding hydrogens is 326 g/mol. The molecule has 0 saturated heterocycles. The summed E-state index contributed by atoms with van der Waals surface area (Å²) in [5, 5.41) is 6.86. The van der Waals surface area contributed by atoms with Crippen LogP contribution in [0.2, 0.25) is 5.02 Å². The van der Waals surface area contributed by atoms with Gasteiger partial charge in [-0.2, -0.15) is 0 Å². The molecule has 2 aromatic rings. The molecule has 2 rings (SSSR count). The lowest BCUT2D eigenvalue weighted by Gasteiger charge is -2.13. The van der Waals surface area contributed by atoms with Crippen LogP contribution in [0.3, 0.4) is 0 Å². The number of nitrogens with zero attached hydrogens (tertiary/aromatic N) is 2. The number of aromatic nitrogens is 2. The highest BCUT2D eigenvalue weighted by atomic mass is 35.5.